The van der Waals surface area contributed by atoms with Crippen molar-refractivity contribution in [2.24, 2.45) is 0 Å². The monoisotopic (exact) mass is 249 g/mol. The third-order valence-corrected chi connectivity index (χ3v) is 2.53. The number of carbonyl (C=O) groups excluding carboxylic acids is 1. The highest BCUT2D eigenvalue weighted by Gasteiger charge is 2.20. The third kappa shape index (κ3) is 4.78. The summed E-state index contributed by atoms with van der Waals surface area (Å²) in [6, 6.07) is 8.20. The summed E-state index contributed by atoms with van der Waals surface area (Å²) in [6.45, 7) is 10.9. The second-order valence-electron chi connectivity index (χ2n) is 5.48. The van der Waals surface area contributed by atoms with Crippen LogP contribution in [0.1, 0.15) is 38.8 Å². The van der Waals surface area contributed by atoms with Gasteiger partial charge in [0.1, 0.15) is 5.60 Å². The van der Waals surface area contributed by atoms with E-state index >= 15 is 0 Å². The average Bonchev–Trinajstić information content (AvgIpc) is 2.25. The maximum atomic E-state index is 12.0. The summed E-state index contributed by atoms with van der Waals surface area (Å²) in [5.41, 5.74) is 1.89. The van der Waals surface area contributed by atoms with Crippen LogP contribution in [0.25, 0.3) is 0 Å². The van der Waals surface area contributed by atoms with Gasteiger partial charge in [-0.15, -0.1) is 0 Å². The number of benzene rings is 1. The third-order valence-electron chi connectivity index (χ3n) is 2.53. The molecule has 18 heavy (non-hydrogen) atoms. The van der Waals surface area contributed by atoms with Crippen molar-refractivity contribution in [3.63, 3.8) is 0 Å². The number of aryl methyl sites for hydroxylation is 1. The number of ether oxygens (including phenoxy) is 1. The highest BCUT2D eigenvalue weighted by Crippen LogP contribution is 2.13. The first-order chi connectivity index (χ1) is 8.31. The Kier molecular flexibility index (Phi) is 4.76. The summed E-state index contributed by atoms with van der Waals surface area (Å²) >= 11 is 0. The van der Waals surface area contributed by atoms with Crippen LogP contribution in [0.4, 0.5) is 4.79 Å². The zero-order chi connectivity index (χ0) is 13.8. The van der Waals surface area contributed by atoms with E-state index in [1.807, 2.05) is 39.8 Å². The first-order valence-electron chi connectivity index (χ1n) is 6.35. The van der Waals surface area contributed by atoms with Crippen molar-refractivity contribution in [1.29, 1.82) is 0 Å². The van der Waals surface area contributed by atoms with E-state index in [4.69, 9.17) is 4.74 Å². The largest absolute Gasteiger partial charge is 0.444 e. The lowest BCUT2D eigenvalue weighted by atomic mass is 10.1. The molecule has 1 aromatic rings. The molecule has 0 heterocycles. The van der Waals surface area contributed by atoms with Gasteiger partial charge < -0.3 is 9.64 Å². The number of hydrogen-bond acceptors (Lipinski definition) is 2. The zero-order valence-corrected chi connectivity index (χ0v) is 12.0. The molecule has 0 aliphatic rings. The molecule has 0 fully saturated rings. The Bertz CT molecular complexity index is 390. The van der Waals surface area contributed by atoms with Gasteiger partial charge in [0.25, 0.3) is 0 Å². The quantitative estimate of drug-likeness (QED) is 0.816. The van der Waals surface area contributed by atoms with Crippen molar-refractivity contribution >= 4 is 6.09 Å². The molecule has 0 atom stereocenters. The molecular formula is C15H23NO2. The second-order valence-corrected chi connectivity index (χ2v) is 5.48. The Morgan fingerprint density at radius 1 is 1.22 bits per heavy atom. The molecule has 100 valence electrons. The van der Waals surface area contributed by atoms with E-state index in [0.29, 0.717) is 13.1 Å². The second kappa shape index (κ2) is 5.89. The maximum Gasteiger partial charge on any atom is 0.410 e. The smallest absolute Gasteiger partial charge is 0.410 e. The lowest BCUT2D eigenvalue weighted by Gasteiger charge is -2.26. The number of amides is 1. The standard InChI is InChI=1S/C15H23NO2/c1-6-16(14(17)18-15(3,4)5)11-13-9-7-12(2)8-10-13/h7-10H,6,11H2,1-5H3. The Hall–Kier alpha value is -1.51. The van der Waals surface area contributed by atoms with Crippen molar-refractivity contribution in [3.05, 3.63) is 35.4 Å². The van der Waals surface area contributed by atoms with Crippen LogP contribution in [0.3, 0.4) is 0 Å². The molecule has 0 spiro atoms. The molecule has 0 N–H and O–H groups in total. The van der Waals surface area contributed by atoms with Crippen molar-refractivity contribution < 1.29 is 9.53 Å². The molecule has 1 amide bonds. The molecule has 0 bridgehead atoms. The average molecular weight is 249 g/mol. The van der Waals surface area contributed by atoms with E-state index in [0.717, 1.165) is 5.56 Å². The SMILES string of the molecule is CCN(Cc1ccc(C)cc1)C(=O)OC(C)(C)C. The van der Waals surface area contributed by atoms with E-state index < -0.39 is 5.60 Å². The summed E-state index contributed by atoms with van der Waals surface area (Å²) in [6.07, 6.45) is -0.259. The molecule has 0 aromatic heterocycles. The Labute approximate surface area is 110 Å². The van der Waals surface area contributed by atoms with Crippen LogP contribution in [-0.4, -0.2) is 23.1 Å². The van der Waals surface area contributed by atoms with E-state index in [1.165, 1.54) is 5.56 Å². The molecular weight excluding hydrogens is 226 g/mol. The van der Waals surface area contributed by atoms with Crippen LogP contribution in [0.15, 0.2) is 24.3 Å². The summed E-state index contributed by atoms with van der Waals surface area (Å²) < 4.78 is 5.37. The van der Waals surface area contributed by atoms with E-state index in [2.05, 4.69) is 19.1 Å². The molecule has 0 aliphatic carbocycles. The fourth-order valence-electron chi connectivity index (χ4n) is 1.55. The molecule has 3 heteroatoms. The van der Waals surface area contributed by atoms with Crippen LogP contribution >= 0.6 is 0 Å². The molecule has 0 unspecified atom stereocenters. The van der Waals surface area contributed by atoms with Crippen LogP contribution in [-0.2, 0) is 11.3 Å². The minimum absolute atomic E-state index is 0.259. The Balaban J connectivity index is 2.67. The van der Waals surface area contributed by atoms with Crippen LogP contribution in [0.2, 0.25) is 0 Å². The highest BCUT2D eigenvalue weighted by molar-refractivity contribution is 5.68. The van der Waals surface area contributed by atoms with Gasteiger partial charge in [-0.3, -0.25) is 0 Å². The van der Waals surface area contributed by atoms with E-state index in [1.54, 1.807) is 4.90 Å². The first-order valence-corrected chi connectivity index (χ1v) is 6.35. The number of carbonyl (C=O) groups is 1. The van der Waals surface area contributed by atoms with Crippen molar-refractivity contribution in [2.75, 3.05) is 6.54 Å². The van der Waals surface area contributed by atoms with Crippen LogP contribution in [0.5, 0.6) is 0 Å². The van der Waals surface area contributed by atoms with Gasteiger partial charge in [-0.1, -0.05) is 29.8 Å². The Morgan fingerprint density at radius 3 is 2.22 bits per heavy atom. The highest BCUT2D eigenvalue weighted by atomic mass is 16.6. The van der Waals surface area contributed by atoms with Crippen molar-refractivity contribution in [2.45, 2.75) is 46.8 Å². The van der Waals surface area contributed by atoms with Gasteiger partial charge in [-0.25, -0.2) is 4.79 Å². The molecule has 0 radical (unpaired) electrons. The molecule has 0 saturated heterocycles. The summed E-state index contributed by atoms with van der Waals surface area (Å²) in [5, 5.41) is 0. The minimum Gasteiger partial charge on any atom is -0.444 e. The van der Waals surface area contributed by atoms with Gasteiger partial charge in [0.15, 0.2) is 0 Å². The van der Waals surface area contributed by atoms with Gasteiger partial charge in [0.05, 0.1) is 0 Å². The molecule has 0 saturated carbocycles. The fraction of sp³-hybridized carbons (Fsp3) is 0.533. The normalized spacial score (nSPS) is 11.2. The van der Waals surface area contributed by atoms with Crippen LogP contribution in [0, 0.1) is 6.92 Å². The maximum absolute atomic E-state index is 12.0. The van der Waals surface area contributed by atoms with E-state index in [9.17, 15) is 4.79 Å². The van der Waals surface area contributed by atoms with Gasteiger partial charge >= 0.3 is 6.09 Å². The topological polar surface area (TPSA) is 29.5 Å². The van der Waals surface area contributed by atoms with Crippen molar-refractivity contribution in [1.82, 2.24) is 4.90 Å². The number of rotatable bonds is 3. The molecule has 1 rings (SSSR count). The molecule has 0 aliphatic heterocycles. The Morgan fingerprint density at radius 2 is 1.78 bits per heavy atom. The summed E-state index contributed by atoms with van der Waals surface area (Å²) in [5.74, 6) is 0. The number of nitrogens with zero attached hydrogens (tertiary/aromatic N) is 1. The summed E-state index contributed by atoms with van der Waals surface area (Å²) in [7, 11) is 0. The van der Waals surface area contributed by atoms with Crippen LogP contribution < -0.4 is 0 Å². The van der Waals surface area contributed by atoms with Gasteiger partial charge in [0.2, 0.25) is 0 Å². The predicted octanol–water partition coefficient (Wildman–Crippen LogP) is 3.75. The lowest BCUT2D eigenvalue weighted by molar-refractivity contribution is 0.0244. The number of hydrogen-bond donors (Lipinski definition) is 0. The van der Waals surface area contributed by atoms with Gasteiger partial charge in [-0.2, -0.15) is 0 Å². The summed E-state index contributed by atoms with van der Waals surface area (Å²) in [4.78, 5) is 13.7. The first kappa shape index (κ1) is 14.6. The van der Waals surface area contributed by atoms with E-state index in [-0.39, 0.29) is 6.09 Å². The van der Waals surface area contributed by atoms with Gasteiger partial charge in [-0.05, 0) is 40.2 Å². The van der Waals surface area contributed by atoms with Gasteiger partial charge in [0, 0.05) is 13.1 Å². The minimum atomic E-state index is -0.447. The molecule has 3 nitrogen and oxygen atoms in total. The zero-order valence-electron chi connectivity index (χ0n) is 12.0. The fourth-order valence-corrected chi connectivity index (χ4v) is 1.55. The van der Waals surface area contributed by atoms with Crippen molar-refractivity contribution in [3.8, 4) is 0 Å². The predicted molar refractivity (Wildman–Crippen MR) is 73.5 cm³/mol. The lowest BCUT2D eigenvalue weighted by Crippen LogP contribution is -2.36. The molecule has 1 aromatic carbocycles.